The van der Waals surface area contributed by atoms with Crippen LogP contribution in [0.1, 0.15) is 19.8 Å². The van der Waals surface area contributed by atoms with Crippen molar-refractivity contribution in [2.24, 2.45) is 0 Å². The summed E-state index contributed by atoms with van der Waals surface area (Å²) in [7, 11) is 0. The number of para-hydroxylation sites is 1. The molecule has 0 aliphatic carbocycles. The van der Waals surface area contributed by atoms with Gasteiger partial charge in [0.15, 0.2) is 0 Å². The Labute approximate surface area is 164 Å². The summed E-state index contributed by atoms with van der Waals surface area (Å²) in [6.45, 7) is 5.71. The monoisotopic (exact) mass is 392 g/mol. The van der Waals surface area contributed by atoms with Crippen molar-refractivity contribution in [3.8, 4) is 0 Å². The normalized spacial score (nSPS) is 25.0. The lowest BCUT2D eigenvalue weighted by Gasteiger charge is -2.48. The number of rotatable bonds is 2. The molecule has 1 aromatic carbocycles. The predicted octanol–water partition coefficient (Wildman–Crippen LogP) is 2.23. The number of nitrogens with zero attached hydrogens (tertiary/aromatic N) is 3. The molecule has 3 aliphatic heterocycles. The van der Waals surface area contributed by atoms with Crippen LogP contribution in [0.3, 0.4) is 0 Å². The van der Waals surface area contributed by atoms with Crippen LogP contribution in [0.2, 0.25) is 5.02 Å². The third kappa shape index (κ3) is 3.07. The molecular weight excluding hydrogens is 368 g/mol. The van der Waals surface area contributed by atoms with Crippen molar-refractivity contribution in [3.05, 3.63) is 29.3 Å². The van der Waals surface area contributed by atoms with Crippen molar-refractivity contribution in [3.63, 3.8) is 0 Å². The lowest BCUT2D eigenvalue weighted by molar-refractivity contribution is -0.135. The number of urea groups is 1. The summed E-state index contributed by atoms with van der Waals surface area (Å²) >= 11 is 6.14. The number of fused-ring (bicyclic) bond motifs is 2. The van der Waals surface area contributed by atoms with Gasteiger partial charge in [-0.3, -0.25) is 9.69 Å². The maximum atomic E-state index is 13.1. The second-order valence-corrected chi connectivity index (χ2v) is 7.65. The van der Waals surface area contributed by atoms with Crippen LogP contribution >= 0.6 is 11.6 Å². The van der Waals surface area contributed by atoms with Crippen LogP contribution in [0.15, 0.2) is 24.3 Å². The quantitative estimate of drug-likeness (QED) is 0.838. The van der Waals surface area contributed by atoms with E-state index in [0.717, 1.165) is 12.8 Å². The zero-order valence-corrected chi connectivity index (χ0v) is 16.2. The molecule has 0 saturated carbocycles. The van der Waals surface area contributed by atoms with Gasteiger partial charge in [-0.2, -0.15) is 0 Å². The zero-order chi connectivity index (χ0) is 19.0. The van der Waals surface area contributed by atoms with Gasteiger partial charge in [-0.1, -0.05) is 23.7 Å². The highest BCUT2D eigenvalue weighted by Gasteiger charge is 2.57. The van der Waals surface area contributed by atoms with Crippen molar-refractivity contribution in [2.75, 3.05) is 44.7 Å². The summed E-state index contributed by atoms with van der Waals surface area (Å²) in [4.78, 5) is 31.8. The van der Waals surface area contributed by atoms with Gasteiger partial charge in [0.25, 0.3) is 0 Å². The van der Waals surface area contributed by atoms with Crippen LogP contribution in [-0.2, 0) is 9.53 Å². The molecule has 3 heterocycles. The Morgan fingerprint density at radius 2 is 2.04 bits per heavy atom. The van der Waals surface area contributed by atoms with E-state index in [1.807, 2.05) is 24.0 Å². The standard InChI is InChI=1S/C19H25ClN4O3/c1-2-23-17(25)16-13-22(18(26)21-15-6-4-3-5-14(15)20)9-10-24(16)19(23)7-11-27-12-8-19/h3-6,16H,2,7-13H2,1H3,(H,21,26)/t16-/m1/s1. The first kappa shape index (κ1) is 18.5. The van der Waals surface area contributed by atoms with Gasteiger partial charge in [0.1, 0.15) is 11.7 Å². The van der Waals surface area contributed by atoms with Crippen molar-refractivity contribution in [1.29, 1.82) is 0 Å². The lowest BCUT2D eigenvalue weighted by Crippen LogP contribution is -2.62. The average Bonchev–Trinajstić information content (AvgIpc) is 2.91. The van der Waals surface area contributed by atoms with E-state index in [1.54, 1.807) is 17.0 Å². The van der Waals surface area contributed by atoms with Gasteiger partial charge >= 0.3 is 6.03 Å². The molecule has 1 atom stereocenters. The molecule has 4 rings (SSSR count). The van der Waals surface area contributed by atoms with Gasteiger partial charge in [-0.15, -0.1) is 0 Å². The van der Waals surface area contributed by atoms with Crippen LogP contribution in [0.5, 0.6) is 0 Å². The van der Waals surface area contributed by atoms with Gasteiger partial charge in [0, 0.05) is 39.0 Å². The van der Waals surface area contributed by atoms with E-state index in [-0.39, 0.29) is 23.6 Å². The smallest absolute Gasteiger partial charge is 0.321 e. The molecule has 3 fully saturated rings. The molecule has 0 aromatic heterocycles. The van der Waals surface area contributed by atoms with Crippen molar-refractivity contribution < 1.29 is 14.3 Å². The van der Waals surface area contributed by atoms with Crippen LogP contribution in [0, 0.1) is 0 Å². The van der Waals surface area contributed by atoms with Gasteiger partial charge in [0.05, 0.1) is 23.9 Å². The highest BCUT2D eigenvalue weighted by Crippen LogP contribution is 2.41. The summed E-state index contributed by atoms with van der Waals surface area (Å²) in [5.74, 6) is 0.120. The van der Waals surface area contributed by atoms with E-state index in [2.05, 4.69) is 10.2 Å². The minimum absolute atomic E-state index is 0.120. The number of hydrogen-bond donors (Lipinski definition) is 1. The minimum Gasteiger partial charge on any atom is -0.381 e. The highest BCUT2D eigenvalue weighted by molar-refractivity contribution is 6.33. The molecule has 3 amide bonds. The molecule has 8 heteroatoms. The van der Waals surface area contributed by atoms with Gasteiger partial charge in [0.2, 0.25) is 5.91 Å². The Kier molecular flexibility index (Phi) is 5.01. The largest absolute Gasteiger partial charge is 0.381 e. The first-order valence-electron chi connectivity index (χ1n) is 9.53. The van der Waals surface area contributed by atoms with E-state index in [9.17, 15) is 9.59 Å². The maximum absolute atomic E-state index is 13.1. The number of benzene rings is 1. The van der Waals surface area contributed by atoms with Gasteiger partial charge < -0.3 is 19.9 Å². The molecule has 3 saturated heterocycles. The van der Waals surface area contributed by atoms with E-state index in [4.69, 9.17) is 16.3 Å². The molecule has 3 aliphatic rings. The molecule has 0 radical (unpaired) electrons. The van der Waals surface area contributed by atoms with E-state index >= 15 is 0 Å². The number of ether oxygens (including phenoxy) is 1. The fraction of sp³-hybridized carbons (Fsp3) is 0.579. The Bertz CT molecular complexity index is 737. The predicted molar refractivity (Wildman–Crippen MR) is 103 cm³/mol. The van der Waals surface area contributed by atoms with Crippen molar-refractivity contribution in [2.45, 2.75) is 31.5 Å². The summed E-state index contributed by atoms with van der Waals surface area (Å²) in [6, 6.07) is 6.66. The molecule has 1 N–H and O–H groups in total. The van der Waals surface area contributed by atoms with E-state index in [0.29, 0.717) is 50.1 Å². The van der Waals surface area contributed by atoms with Crippen LogP contribution in [0.25, 0.3) is 0 Å². The number of carbonyl (C=O) groups is 2. The number of anilines is 1. The molecule has 146 valence electrons. The summed E-state index contributed by atoms with van der Waals surface area (Å²) in [5, 5.41) is 3.36. The lowest BCUT2D eigenvalue weighted by atomic mass is 9.96. The molecule has 27 heavy (non-hydrogen) atoms. The van der Waals surface area contributed by atoms with Crippen molar-refractivity contribution >= 4 is 29.2 Å². The molecule has 0 unspecified atom stereocenters. The first-order valence-corrected chi connectivity index (χ1v) is 9.91. The van der Waals surface area contributed by atoms with Gasteiger partial charge in [-0.25, -0.2) is 4.79 Å². The highest BCUT2D eigenvalue weighted by atomic mass is 35.5. The Hall–Kier alpha value is -1.83. The Morgan fingerprint density at radius 3 is 2.74 bits per heavy atom. The number of piperazine rings is 1. The molecule has 0 bridgehead atoms. The summed E-state index contributed by atoms with van der Waals surface area (Å²) < 4.78 is 5.55. The van der Waals surface area contributed by atoms with Crippen molar-refractivity contribution in [1.82, 2.24) is 14.7 Å². The molecule has 1 spiro atoms. The van der Waals surface area contributed by atoms with Gasteiger partial charge in [-0.05, 0) is 19.1 Å². The molecular formula is C19H25ClN4O3. The molecule has 7 nitrogen and oxygen atoms in total. The number of carbonyl (C=O) groups excluding carboxylic acids is 2. The number of halogens is 1. The van der Waals surface area contributed by atoms with Crippen LogP contribution in [0.4, 0.5) is 10.5 Å². The fourth-order valence-corrected chi connectivity index (χ4v) is 4.86. The zero-order valence-electron chi connectivity index (χ0n) is 15.5. The Balaban J connectivity index is 1.50. The topological polar surface area (TPSA) is 65.1 Å². The second-order valence-electron chi connectivity index (χ2n) is 7.24. The fourth-order valence-electron chi connectivity index (χ4n) is 4.68. The maximum Gasteiger partial charge on any atom is 0.321 e. The Morgan fingerprint density at radius 1 is 1.30 bits per heavy atom. The van der Waals surface area contributed by atoms with E-state index in [1.165, 1.54) is 0 Å². The van der Waals surface area contributed by atoms with Crippen LogP contribution < -0.4 is 5.32 Å². The van der Waals surface area contributed by atoms with E-state index < -0.39 is 0 Å². The number of nitrogens with one attached hydrogen (secondary N) is 1. The van der Waals surface area contributed by atoms with Crippen LogP contribution in [-0.4, -0.2) is 77.7 Å². The summed E-state index contributed by atoms with van der Waals surface area (Å²) in [6.07, 6.45) is 1.66. The SMILES string of the molecule is CCN1C(=O)[C@H]2CN(C(=O)Nc3ccccc3Cl)CCN2C12CCOCC2. The molecule has 1 aromatic rings. The second kappa shape index (κ2) is 7.30. The number of amides is 3. The third-order valence-corrected chi connectivity index (χ3v) is 6.31. The third-order valence-electron chi connectivity index (χ3n) is 5.98. The average molecular weight is 393 g/mol. The first-order chi connectivity index (χ1) is 13.1. The number of likely N-dealkylation sites (N-methyl/N-ethyl adjacent to an activating group) is 1. The summed E-state index contributed by atoms with van der Waals surface area (Å²) in [5.41, 5.74) is 0.334. The minimum atomic E-state index is -0.284. The number of hydrogen-bond acceptors (Lipinski definition) is 4.